The molecule has 1 aromatic rings. The van der Waals surface area contributed by atoms with Crippen LogP contribution in [-0.4, -0.2) is 44.7 Å². The van der Waals surface area contributed by atoms with Crippen LogP contribution in [0, 0.1) is 12.8 Å². The quantitative estimate of drug-likeness (QED) is 0.893. The lowest BCUT2D eigenvalue weighted by atomic mass is 10.0. The lowest BCUT2D eigenvalue weighted by Crippen LogP contribution is -2.40. The lowest BCUT2D eigenvalue weighted by Gasteiger charge is -2.34. The van der Waals surface area contributed by atoms with Crippen LogP contribution >= 0.6 is 0 Å². The van der Waals surface area contributed by atoms with E-state index in [-0.39, 0.29) is 0 Å². The van der Waals surface area contributed by atoms with Crippen molar-refractivity contribution in [3.8, 4) is 0 Å². The van der Waals surface area contributed by atoms with Crippen molar-refractivity contribution in [2.75, 3.05) is 43.9 Å². The van der Waals surface area contributed by atoms with Crippen molar-refractivity contribution in [2.45, 2.75) is 39.7 Å². The molecule has 1 N–H and O–H groups in total. The molecule has 1 saturated heterocycles. The maximum Gasteiger partial charge on any atom is 0.0411 e. The first-order chi connectivity index (χ1) is 9.95. The molecular formula is C18H31N3. The van der Waals surface area contributed by atoms with Gasteiger partial charge in [-0.15, -0.1) is 0 Å². The van der Waals surface area contributed by atoms with Crippen molar-refractivity contribution in [1.29, 1.82) is 0 Å². The molecule has 21 heavy (non-hydrogen) atoms. The molecule has 0 unspecified atom stereocenters. The summed E-state index contributed by atoms with van der Waals surface area (Å²) in [6.07, 6.45) is 2.50. The number of likely N-dealkylation sites (tertiary alicyclic amines) is 1. The average Bonchev–Trinajstić information content (AvgIpc) is 2.42. The Bertz CT molecular complexity index is 446. The molecule has 1 aromatic carbocycles. The van der Waals surface area contributed by atoms with Crippen molar-refractivity contribution in [3.05, 3.63) is 23.8 Å². The highest BCUT2D eigenvalue weighted by atomic mass is 15.1. The fourth-order valence-corrected chi connectivity index (χ4v) is 3.19. The fraction of sp³-hybridized carbons (Fsp3) is 0.667. The molecule has 0 amide bonds. The summed E-state index contributed by atoms with van der Waals surface area (Å²) in [5.41, 5.74) is 3.89. The van der Waals surface area contributed by atoms with Gasteiger partial charge in [0.15, 0.2) is 0 Å². The predicted octanol–water partition coefficient (Wildman–Crippen LogP) is 3.59. The van der Waals surface area contributed by atoms with Crippen LogP contribution in [-0.2, 0) is 0 Å². The number of benzene rings is 1. The van der Waals surface area contributed by atoms with Gasteiger partial charge in [-0.2, -0.15) is 0 Å². The second-order valence-corrected chi connectivity index (χ2v) is 7.01. The van der Waals surface area contributed by atoms with E-state index in [1.165, 1.54) is 49.4 Å². The van der Waals surface area contributed by atoms with Crippen LogP contribution in [0.25, 0.3) is 0 Å². The van der Waals surface area contributed by atoms with Crippen LogP contribution < -0.4 is 10.2 Å². The van der Waals surface area contributed by atoms with E-state index in [4.69, 9.17) is 0 Å². The van der Waals surface area contributed by atoms with E-state index in [9.17, 15) is 0 Å². The molecule has 0 radical (unpaired) electrons. The monoisotopic (exact) mass is 289 g/mol. The minimum Gasteiger partial charge on any atom is -0.382 e. The van der Waals surface area contributed by atoms with Gasteiger partial charge in [0, 0.05) is 51.1 Å². The predicted molar refractivity (Wildman–Crippen MR) is 93.4 cm³/mol. The maximum absolute atomic E-state index is 3.72. The van der Waals surface area contributed by atoms with Gasteiger partial charge in [0.05, 0.1) is 0 Å². The molecule has 0 aromatic heterocycles. The Morgan fingerprint density at radius 3 is 2.48 bits per heavy atom. The highest BCUT2D eigenvalue weighted by Gasteiger charge is 2.19. The number of hydrogen-bond acceptors (Lipinski definition) is 3. The topological polar surface area (TPSA) is 18.5 Å². The molecule has 0 aliphatic carbocycles. The van der Waals surface area contributed by atoms with Gasteiger partial charge in [-0.3, -0.25) is 0 Å². The minimum absolute atomic E-state index is 0.617. The third-order valence-electron chi connectivity index (χ3n) is 4.27. The smallest absolute Gasteiger partial charge is 0.0411 e. The number of hydrogen-bond donors (Lipinski definition) is 1. The Labute approximate surface area is 130 Å². The molecule has 1 heterocycles. The second-order valence-electron chi connectivity index (χ2n) is 7.01. The lowest BCUT2D eigenvalue weighted by molar-refractivity contribution is 0.198. The Kier molecular flexibility index (Phi) is 5.51. The Balaban J connectivity index is 1.90. The van der Waals surface area contributed by atoms with E-state index in [0.717, 1.165) is 5.92 Å². The van der Waals surface area contributed by atoms with Crippen LogP contribution in [0.1, 0.15) is 32.3 Å². The van der Waals surface area contributed by atoms with Gasteiger partial charge >= 0.3 is 0 Å². The average molecular weight is 289 g/mol. The van der Waals surface area contributed by atoms with Crippen LogP contribution in [0.15, 0.2) is 18.2 Å². The van der Waals surface area contributed by atoms with Crippen LogP contribution in [0.3, 0.4) is 0 Å². The van der Waals surface area contributed by atoms with E-state index in [2.05, 4.69) is 68.2 Å². The van der Waals surface area contributed by atoms with Gasteiger partial charge in [-0.25, -0.2) is 0 Å². The van der Waals surface area contributed by atoms with Crippen molar-refractivity contribution >= 4 is 11.4 Å². The largest absolute Gasteiger partial charge is 0.382 e. The normalized spacial score (nSPS) is 17.2. The van der Waals surface area contributed by atoms with Crippen molar-refractivity contribution < 1.29 is 0 Å². The van der Waals surface area contributed by atoms with Crippen molar-refractivity contribution in [3.63, 3.8) is 0 Å². The molecule has 0 spiro atoms. The Morgan fingerprint density at radius 1 is 1.24 bits per heavy atom. The number of rotatable bonds is 5. The molecule has 0 saturated carbocycles. The number of anilines is 2. The van der Waals surface area contributed by atoms with Gasteiger partial charge < -0.3 is 15.1 Å². The maximum atomic E-state index is 3.72. The van der Waals surface area contributed by atoms with Crippen LogP contribution in [0.2, 0.25) is 0 Å². The third-order valence-corrected chi connectivity index (χ3v) is 4.27. The molecule has 0 atom stereocenters. The van der Waals surface area contributed by atoms with E-state index in [0.29, 0.717) is 6.04 Å². The molecule has 3 heteroatoms. The first-order valence-electron chi connectivity index (χ1n) is 8.22. The van der Waals surface area contributed by atoms with Crippen LogP contribution in [0.5, 0.6) is 0 Å². The zero-order valence-electron chi connectivity index (χ0n) is 14.3. The molecule has 1 fully saturated rings. The van der Waals surface area contributed by atoms with Crippen molar-refractivity contribution in [2.24, 2.45) is 5.92 Å². The number of nitrogens with zero attached hydrogens (tertiary/aromatic N) is 2. The molecule has 0 bridgehead atoms. The van der Waals surface area contributed by atoms with E-state index < -0.39 is 0 Å². The number of aryl methyl sites for hydroxylation is 1. The molecule has 118 valence electrons. The standard InChI is InChI=1S/C18H31N3/c1-14(2)13-21-10-8-16(9-11-21)19-17-7-6-15(3)18(12-17)20(4)5/h6-7,12,14,16,19H,8-11,13H2,1-5H3. The number of nitrogens with one attached hydrogen (secondary N) is 1. The number of piperidine rings is 1. The molecular weight excluding hydrogens is 258 g/mol. The first kappa shape index (κ1) is 16.2. The summed E-state index contributed by atoms with van der Waals surface area (Å²) in [6, 6.07) is 7.32. The first-order valence-corrected chi connectivity index (χ1v) is 8.22. The molecule has 2 rings (SSSR count). The zero-order valence-corrected chi connectivity index (χ0v) is 14.3. The highest BCUT2D eigenvalue weighted by Crippen LogP contribution is 2.24. The Hall–Kier alpha value is -1.22. The van der Waals surface area contributed by atoms with Gasteiger partial charge in [0.2, 0.25) is 0 Å². The summed E-state index contributed by atoms with van der Waals surface area (Å²) in [7, 11) is 4.22. The van der Waals surface area contributed by atoms with Gasteiger partial charge in [0.1, 0.15) is 0 Å². The summed E-state index contributed by atoms with van der Waals surface area (Å²) >= 11 is 0. The SMILES string of the molecule is Cc1ccc(NC2CCN(CC(C)C)CC2)cc1N(C)C. The summed E-state index contributed by atoms with van der Waals surface area (Å²) in [4.78, 5) is 4.79. The molecule has 3 nitrogen and oxygen atoms in total. The highest BCUT2D eigenvalue weighted by molar-refractivity contribution is 5.62. The van der Waals surface area contributed by atoms with Crippen molar-refractivity contribution in [1.82, 2.24) is 4.90 Å². The zero-order chi connectivity index (χ0) is 15.4. The van der Waals surface area contributed by atoms with Crippen LogP contribution in [0.4, 0.5) is 11.4 Å². The van der Waals surface area contributed by atoms with E-state index in [1.54, 1.807) is 0 Å². The second kappa shape index (κ2) is 7.17. The Morgan fingerprint density at radius 2 is 1.90 bits per heavy atom. The summed E-state index contributed by atoms with van der Waals surface area (Å²) in [5.74, 6) is 0.772. The summed E-state index contributed by atoms with van der Waals surface area (Å²) in [5, 5.41) is 3.72. The van der Waals surface area contributed by atoms with Gasteiger partial charge in [-0.05, 0) is 43.4 Å². The van der Waals surface area contributed by atoms with Gasteiger partial charge in [0.25, 0.3) is 0 Å². The summed E-state index contributed by atoms with van der Waals surface area (Å²) < 4.78 is 0. The molecule has 1 aliphatic heterocycles. The minimum atomic E-state index is 0.617. The van der Waals surface area contributed by atoms with Gasteiger partial charge in [-0.1, -0.05) is 19.9 Å². The van der Waals surface area contributed by atoms with E-state index >= 15 is 0 Å². The fourth-order valence-electron chi connectivity index (χ4n) is 3.19. The summed E-state index contributed by atoms with van der Waals surface area (Å²) in [6.45, 7) is 10.5. The van der Waals surface area contributed by atoms with E-state index in [1.807, 2.05) is 0 Å². The molecule has 1 aliphatic rings. The third kappa shape index (κ3) is 4.63.